The number of rotatable bonds is 18. The van der Waals surface area contributed by atoms with Crippen LogP contribution < -0.4 is 15.8 Å². The van der Waals surface area contributed by atoms with Gasteiger partial charge in [0.2, 0.25) is 0 Å². The third kappa shape index (κ3) is 13.4. The Morgan fingerprint density at radius 2 is 1.18 bits per heavy atom. The Balaban J connectivity index is 1.39. The van der Waals surface area contributed by atoms with Crippen molar-refractivity contribution in [3.63, 3.8) is 0 Å². The van der Waals surface area contributed by atoms with Crippen LogP contribution in [0, 0.1) is 0 Å². The molecule has 5 rings (SSSR count). The molecule has 0 saturated heterocycles. The number of amides is 1. The second kappa shape index (κ2) is 20.5. The van der Waals surface area contributed by atoms with Gasteiger partial charge in [0.1, 0.15) is 37.7 Å². The molecule has 9 nitrogen and oxygen atoms in total. The van der Waals surface area contributed by atoms with Crippen LogP contribution in [-0.4, -0.2) is 44.8 Å². The van der Waals surface area contributed by atoms with Gasteiger partial charge in [0.15, 0.2) is 0 Å². The van der Waals surface area contributed by atoms with Crippen LogP contribution in [0.2, 0.25) is 30.7 Å². The quantitative estimate of drug-likeness (QED) is 0.0512. The first kappa shape index (κ1) is 41.7. The van der Waals surface area contributed by atoms with Crippen LogP contribution in [0.3, 0.4) is 0 Å². The third-order valence-corrected chi connectivity index (χ3v) is 11.0. The maximum atomic E-state index is 13.7. The lowest BCUT2D eigenvalue weighted by Gasteiger charge is -2.21. The van der Waals surface area contributed by atoms with E-state index < -0.39 is 38.2 Å². The molecule has 1 amide bonds. The van der Waals surface area contributed by atoms with E-state index in [-0.39, 0.29) is 39.3 Å². The number of benzene rings is 5. The first-order valence-corrected chi connectivity index (χ1v) is 22.7. The molecule has 0 spiro atoms. The largest absolute Gasteiger partial charge is 0.489 e. The second-order valence-electron chi connectivity index (χ2n) is 14.7. The van der Waals surface area contributed by atoms with Crippen molar-refractivity contribution in [3.05, 3.63) is 160 Å². The topological polar surface area (TPSA) is 126 Å². The molecule has 0 radical (unpaired) electrons. The summed E-state index contributed by atoms with van der Waals surface area (Å²) in [6, 6.07) is 38.4. The fourth-order valence-electron chi connectivity index (χ4n) is 5.74. The molecule has 0 aromatic heterocycles. The molecule has 0 saturated carbocycles. The van der Waals surface area contributed by atoms with E-state index >= 15 is 0 Å². The molecule has 0 unspecified atom stereocenters. The molecule has 0 fully saturated rings. The standard InChI is InChI=1S/C45H49ClN2O7Si/c1-56(2,3)24-23-52-44(50)41(48-45(51)55-31-34-17-11-6-12-18-34)28-38-26-36(20-22-42(38)53-29-32-13-7-4-8-14-32)35-19-21-39(46)37(25-35)27-40(47)43(49)54-30-33-15-9-5-10-16-33/h4-22,25-26,40-41H,23-24,27-31,47H2,1-3H3,(H,48,51)/t40-,41-/m0/s1. The van der Waals surface area contributed by atoms with E-state index in [0.29, 0.717) is 21.9 Å². The third-order valence-electron chi connectivity index (χ3n) is 8.95. The van der Waals surface area contributed by atoms with Crippen LogP contribution in [0.1, 0.15) is 27.8 Å². The van der Waals surface area contributed by atoms with Crippen LogP contribution in [0.5, 0.6) is 5.75 Å². The Kier molecular flexibility index (Phi) is 15.3. The molecule has 0 heterocycles. The van der Waals surface area contributed by atoms with Gasteiger partial charge in [0.05, 0.1) is 6.61 Å². The van der Waals surface area contributed by atoms with E-state index in [1.165, 1.54) is 0 Å². The molecule has 0 aliphatic rings. The molecular formula is C45H49ClN2O7Si. The summed E-state index contributed by atoms with van der Waals surface area (Å²) in [6.45, 7) is 7.30. The Morgan fingerprint density at radius 3 is 1.77 bits per heavy atom. The van der Waals surface area contributed by atoms with Gasteiger partial charge < -0.3 is 30.0 Å². The number of carbonyl (C=O) groups excluding carboxylic acids is 3. The number of hydrogen-bond acceptors (Lipinski definition) is 8. The summed E-state index contributed by atoms with van der Waals surface area (Å²) in [7, 11) is -1.51. The maximum Gasteiger partial charge on any atom is 0.408 e. The van der Waals surface area contributed by atoms with E-state index in [9.17, 15) is 14.4 Å². The molecular weight excluding hydrogens is 744 g/mol. The van der Waals surface area contributed by atoms with Gasteiger partial charge in [-0.15, -0.1) is 0 Å². The zero-order chi connectivity index (χ0) is 39.9. The van der Waals surface area contributed by atoms with Crippen molar-refractivity contribution >= 4 is 37.7 Å². The van der Waals surface area contributed by atoms with Crippen molar-refractivity contribution in [2.24, 2.45) is 5.73 Å². The lowest BCUT2D eigenvalue weighted by Crippen LogP contribution is -2.44. The first-order valence-electron chi connectivity index (χ1n) is 18.6. The van der Waals surface area contributed by atoms with Crippen molar-refractivity contribution in [1.29, 1.82) is 0 Å². The smallest absolute Gasteiger partial charge is 0.408 e. The number of nitrogens with one attached hydrogen (secondary N) is 1. The van der Waals surface area contributed by atoms with Gasteiger partial charge in [0, 0.05) is 19.5 Å². The highest BCUT2D eigenvalue weighted by atomic mass is 35.5. The normalized spacial score (nSPS) is 12.2. The van der Waals surface area contributed by atoms with Gasteiger partial charge in [-0.25, -0.2) is 9.59 Å². The molecule has 292 valence electrons. The van der Waals surface area contributed by atoms with Crippen LogP contribution in [0.25, 0.3) is 11.1 Å². The monoisotopic (exact) mass is 792 g/mol. The highest BCUT2D eigenvalue weighted by Gasteiger charge is 2.27. The number of nitrogens with two attached hydrogens (primary N) is 1. The van der Waals surface area contributed by atoms with E-state index in [4.69, 9.17) is 36.3 Å². The highest BCUT2D eigenvalue weighted by molar-refractivity contribution is 6.76. The van der Waals surface area contributed by atoms with Crippen LogP contribution in [0.15, 0.2) is 127 Å². The van der Waals surface area contributed by atoms with Crippen LogP contribution in [0.4, 0.5) is 4.79 Å². The van der Waals surface area contributed by atoms with Crippen molar-refractivity contribution in [2.45, 2.75) is 70.4 Å². The zero-order valence-corrected chi connectivity index (χ0v) is 33.8. The summed E-state index contributed by atoms with van der Waals surface area (Å²) >= 11 is 6.62. The van der Waals surface area contributed by atoms with E-state index in [1.54, 1.807) is 6.07 Å². The Labute approximate surface area is 335 Å². The molecule has 2 atom stereocenters. The summed E-state index contributed by atoms with van der Waals surface area (Å²) in [5.41, 5.74) is 11.9. The lowest BCUT2D eigenvalue weighted by molar-refractivity contribution is -0.147. The minimum Gasteiger partial charge on any atom is -0.489 e. The Hall–Kier alpha value is -5.42. The predicted molar refractivity (Wildman–Crippen MR) is 222 cm³/mol. The number of alkyl carbamates (subject to hydrolysis) is 1. The average molecular weight is 793 g/mol. The molecule has 0 aliphatic heterocycles. The van der Waals surface area contributed by atoms with Crippen molar-refractivity contribution < 1.29 is 33.3 Å². The van der Waals surface area contributed by atoms with Gasteiger partial charge in [-0.3, -0.25) is 4.79 Å². The Morgan fingerprint density at radius 1 is 0.643 bits per heavy atom. The van der Waals surface area contributed by atoms with E-state index in [2.05, 4.69) is 25.0 Å². The Bertz CT molecular complexity index is 2040. The van der Waals surface area contributed by atoms with Gasteiger partial charge in [-0.05, 0) is 75.7 Å². The summed E-state index contributed by atoms with van der Waals surface area (Å²) in [4.78, 5) is 39.6. The lowest BCUT2D eigenvalue weighted by atomic mass is 9.96. The number of hydrogen-bond donors (Lipinski definition) is 2. The van der Waals surface area contributed by atoms with Gasteiger partial charge in [-0.2, -0.15) is 0 Å². The second-order valence-corrected chi connectivity index (χ2v) is 20.8. The summed E-state index contributed by atoms with van der Waals surface area (Å²) in [5, 5.41) is 3.22. The minimum absolute atomic E-state index is 0.0400. The number of esters is 2. The van der Waals surface area contributed by atoms with E-state index in [0.717, 1.165) is 33.9 Å². The number of carbonyl (C=O) groups is 3. The summed E-state index contributed by atoms with van der Waals surface area (Å²) in [5.74, 6) is -0.564. The molecule has 0 bridgehead atoms. The number of ether oxygens (including phenoxy) is 4. The maximum absolute atomic E-state index is 13.7. The van der Waals surface area contributed by atoms with Crippen LogP contribution in [-0.2, 0) is 56.5 Å². The highest BCUT2D eigenvalue weighted by Crippen LogP contribution is 2.31. The van der Waals surface area contributed by atoms with Crippen molar-refractivity contribution in [2.75, 3.05) is 6.61 Å². The van der Waals surface area contributed by atoms with E-state index in [1.807, 2.05) is 121 Å². The summed E-state index contributed by atoms with van der Waals surface area (Å²) in [6.07, 6.45) is -0.529. The number of halogens is 1. The van der Waals surface area contributed by atoms with Crippen molar-refractivity contribution in [3.8, 4) is 16.9 Å². The van der Waals surface area contributed by atoms with Crippen molar-refractivity contribution in [1.82, 2.24) is 5.32 Å². The molecule has 0 aliphatic carbocycles. The average Bonchev–Trinajstić information content (AvgIpc) is 3.19. The minimum atomic E-state index is -1.51. The SMILES string of the molecule is C[Si](C)(C)CCOC(=O)[C@H](Cc1cc(-c2ccc(Cl)c(C[C@H](N)C(=O)OCc3ccccc3)c2)ccc1OCc1ccccc1)NC(=O)OCc1ccccc1. The molecule has 11 heteroatoms. The molecule has 5 aromatic rings. The zero-order valence-electron chi connectivity index (χ0n) is 32.0. The van der Waals surface area contributed by atoms with Gasteiger partial charge in [-0.1, -0.05) is 134 Å². The molecule has 3 N–H and O–H groups in total. The predicted octanol–water partition coefficient (Wildman–Crippen LogP) is 8.92. The van der Waals surface area contributed by atoms with Crippen LogP contribution >= 0.6 is 11.6 Å². The fourth-order valence-corrected chi connectivity index (χ4v) is 6.65. The first-order chi connectivity index (χ1) is 26.9. The van der Waals surface area contributed by atoms with Gasteiger partial charge >= 0.3 is 18.0 Å². The fraction of sp³-hybridized carbons (Fsp3) is 0.267. The summed E-state index contributed by atoms with van der Waals surface area (Å²) < 4.78 is 23.1. The van der Waals surface area contributed by atoms with Gasteiger partial charge in [0.25, 0.3) is 0 Å². The molecule has 5 aromatic carbocycles. The molecule has 56 heavy (non-hydrogen) atoms.